The molecule has 2 aromatic rings. The highest BCUT2D eigenvalue weighted by Crippen LogP contribution is 2.42. The van der Waals surface area contributed by atoms with Crippen LogP contribution in [0.4, 0.5) is 22.1 Å². The summed E-state index contributed by atoms with van der Waals surface area (Å²) in [5.74, 6) is 0. The largest absolute Gasteiger partial charge is 0.391 e. The molecule has 0 aliphatic rings. The summed E-state index contributed by atoms with van der Waals surface area (Å²) in [5, 5.41) is 37.1. The van der Waals surface area contributed by atoms with E-state index in [4.69, 9.17) is 20.8 Å². The molecule has 0 bridgehead atoms. The molecule has 0 spiro atoms. The number of rotatable bonds is 22. The van der Waals surface area contributed by atoms with Gasteiger partial charge in [0.15, 0.2) is 0 Å². The molecule has 1 aromatic carbocycles. The van der Waals surface area contributed by atoms with Crippen molar-refractivity contribution >= 4 is 33.4 Å². The molecule has 0 atom stereocenters. The quantitative estimate of drug-likeness (QED) is 0.0826. The van der Waals surface area contributed by atoms with Gasteiger partial charge in [-0.2, -0.15) is 15.5 Å². The van der Waals surface area contributed by atoms with Crippen molar-refractivity contribution < 1.29 is 33.4 Å². The van der Waals surface area contributed by atoms with E-state index in [9.17, 15) is 15.5 Å². The number of aliphatic hydroxyl groups excluding tert-OH is 2. The van der Waals surface area contributed by atoms with E-state index in [-0.39, 0.29) is 13.2 Å². The van der Waals surface area contributed by atoms with Crippen LogP contribution in [0.1, 0.15) is 21.6 Å². The number of nitriles is 1. The number of likely N-dealkylation sites (N-methyl/N-ethyl adjacent to an activating group) is 2. The van der Waals surface area contributed by atoms with Gasteiger partial charge in [0.25, 0.3) is 0 Å². The highest BCUT2D eigenvalue weighted by atomic mass is 32.1. The van der Waals surface area contributed by atoms with E-state index in [0.717, 1.165) is 29.9 Å². The molecule has 254 valence electrons. The van der Waals surface area contributed by atoms with Crippen LogP contribution >= 0.6 is 11.3 Å². The fourth-order valence-electron chi connectivity index (χ4n) is 4.64. The van der Waals surface area contributed by atoms with E-state index in [1.807, 2.05) is 19.9 Å². The molecule has 13 heteroatoms. The summed E-state index contributed by atoms with van der Waals surface area (Å²) >= 11 is 1.18. The minimum absolute atomic E-state index is 0.148. The van der Waals surface area contributed by atoms with Crippen LogP contribution in [0.5, 0.6) is 0 Å². The number of azo groups is 1. The Labute approximate surface area is 279 Å². The Morgan fingerprint density at radius 3 is 1.89 bits per heavy atom. The molecule has 2 rings (SSSR count). The molecule has 1 aromatic heterocycles. The highest BCUT2D eigenvalue weighted by molar-refractivity contribution is 7.17. The van der Waals surface area contributed by atoms with Crippen molar-refractivity contribution in [2.75, 3.05) is 125 Å². The molecular weight excluding hydrogens is 606 g/mol. The third kappa shape index (κ3) is 13.0. The monoisotopic (exact) mass is 659 g/mol. The molecule has 0 fully saturated rings. The zero-order chi connectivity index (χ0) is 34.2. The van der Waals surface area contributed by atoms with Crippen LogP contribution < -0.4 is 4.90 Å². The number of quaternary nitrogens is 2. The number of nitrogens with zero attached hydrogens (tertiary/aromatic N) is 7. The Kier molecular flexibility index (Phi) is 16.7. The van der Waals surface area contributed by atoms with Gasteiger partial charge in [-0.1, -0.05) is 0 Å². The van der Waals surface area contributed by atoms with Gasteiger partial charge >= 0.3 is 0 Å². The molecular formula is C33H53N7O5S+2. The first-order valence-corrected chi connectivity index (χ1v) is 16.5. The minimum atomic E-state index is 0.148. The van der Waals surface area contributed by atoms with Crippen molar-refractivity contribution in [2.45, 2.75) is 20.8 Å². The van der Waals surface area contributed by atoms with Crippen LogP contribution in [0.15, 0.2) is 22.4 Å². The number of ether oxygens (including phenoxy) is 3. The molecule has 2 N–H and O–H groups in total. The van der Waals surface area contributed by atoms with Crippen LogP contribution in [-0.2, 0) is 14.2 Å². The van der Waals surface area contributed by atoms with E-state index < -0.39 is 0 Å². The second-order valence-corrected chi connectivity index (χ2v) is 13.6. The lowest BCUT2D eigenvalue weighted by atomic mass is 10.1. The summed E-state index contributed by atoms with van der Waals surface area (Å²) < 4.78 is 19.1. The lowest BCUT2D eigenvalue weighted by Gasteiger charge is -2.29. The number of hydrogen-bond donors (Lipinski definition) is 2. The van der Waals surface area contributed by atoms with Gasteiger partial charge in [-0.3, -0.25) is 0 Å². The highest BCUT2D eigenvalue weighted by Gasteiger charge is 2.17. The second-order valence-electron chi connectivity index (χ2n) is 12.6. The molecule has 0 saturated carbocycles. The Bertz CT molecular complexity index is 1350. The zero-order valence-electron chi connectivity index (χ0n) is 28.7. The standard InChI is InChI=1S/C33H53N7O5S/c1-26-24-30(27(2)23-29(26)36-37-33-32(35-4)28(3)31(25-34)46-33)38(9-17-43-19-13-39(5,6)11-15-41)10-18-44-21-22-45-20-14-40(7,8)12-16-42/h23-24,41-42H,9-22H2,1-3,5-8H3/q+2/b37-36+. The zero-order valence-corrected chi connectivity index (χ0v) is 29.5. The maximum absolute atomic E-state index is 9.36. The van der Waals surface area contributed by atoms with Crippen molar-refractivity contribution in [2.24, 2.45) is 10.2 Å². The van der Waals surface area contributed by atoms with Crippen molar-refractivity contribution in [3.8, 4) is 6.07 Å². The molecule has 0 aliphatic heterocycles. The van der Waals surface area contributed by atoms with Crippen LogP contribution in [0.3, 0.4) is 0 Å². The molecule has 12 nitrogen and oxygen atoms in total. The molecule has 0 aliphatic carbocycles. The van der Waals surface area contributed by atoms with Gasteiger partial charge in [0.05, 0.1) is 98.2 Å². The van der Waals surface area contributed by atoms with Crippen LogP contribution in [0.2, 0.25) is 0 Å². The summed E-state index contributed by atoms with van der Waals surface area (Å²) in [6.07, 6.45) is 0. The normalized spacial score (nSPS) is 12.1. The summed E-state index contributed by atoms with van der Waals surface area (Å²) in [5.41, 5.74) is 4.74. The predicted octanol–water partition coefficient (Wildman–Crippen LogP) is 4.50. The smallest absolute Gasteiger partial charge is 0.229 e. The van der Waals surface area contributed by atoms with Crippen molar-refractivity contribution in [1.29, 1.82) is 5.26 Å². The maximum atomic E-state index is 9.36. The van der Waals surface area contributed by atoms with Gasteiger partial charge in [0, 0.05) is 18.8 Å². The van der Waals surface area contributed by atoms with Crippen molar-refractivity contribution in [1.82, 2.24) is 0 Å². The summed E-state index contributed by atoms with van der Waals surface area (Å²) in [4.78, 5) is 6.30. The molecule has 0 amide bonds. The number of hydrogen-bond acceptors (Lipinski definition) is 10. The third-order valence-electron chi connectivity index (χ3n) is 7.89. The molecule has 0 radical (unpaired) electrons. The van der Waals surface area contributed by atoms with Crippen molar-refractivity contribution in [3.63, 3.8) is 0 Å². The van der Waals surface area contributed by atoms with E-state index in [0.29, 0.717) is 102 Å². The first-order valence-electron chi connectivity index (χ1n) is 15.7. The first-order chi connectivity index (χ1) is 21.9. The fourth-order valence-corrected chi connectivity index (χ4v) is 5.51. The molecule has 0 unspecified atom stereocenters. The summed E-state index contributed by atoms with van der Waals surface area (Å²) in [6, 6.07) is 6.22. The third-order valence-corrected chi connectivity index (χ3v) is 8.96. The first kappa shape index (κ1) is 39.2. The number of aliphatic hydroxyl groups is 2. The topological polar surface area (TPSA) is 124 Å². The molecule has 1 heterocycles. The summed E-state index contributed by atoms with van der Waals surface area (Å²) in [7, 11) is 8.31. The maximum Gasteiger partial charge on any atom is 0.229 e. The SMILES string of the molecule is [C-]#[N+]c1c(/N=N/c2cc(C)c(N(CCOCCOCC[N+](C)(C)CCO)CCOCC[N+](C)(C)CCO)cc2C)sc(C#N)c1C. The average molecular weight is 660 g/mol. The number of aryl methyl sites for hydroxylation is 2. The molecule has 0 saturated heterocycles. The Morgan fingerprint density at radius 1 is 0.826 bits per heavy atom. The number of anilines is 1. The van der Waals surface area contributed by atoms with Crippen LogP contribution in [-0.4, -0.2) is 139 Å². The summed E-state index contributed by atoms with van der Waals surface area (Å²) in [6.45, 7) is 21.2. The fraction of sp³-hybridized carbons (Fsp3) is 0.636. The van der Waals surface area contributed by atoms with Gasteiger partial charge in [0.1, 0.15) is 37.2 Å². The average Bonchev–Trinajstić information content (AvgIpc) is 3.31. The number of benzene rings is 1. The van der Waals surface area contributed by atoms with E-state index in [1.54, 1.807) is 6.92 Å². The second kappa shape index (κ2) is 19.6. The van der Waals surface area contributed by atoms with E-state index in [1.165, 1.54) is 11.3 Å². The minimum Gasteiger partial charge on any atom is -0.391 e. The molecule has 46 heavy (non-hydrogen) atoms. The number of thiophene rings is 1. The lowest BCUT2D eigenvalue weighted by Crippen LogP contribution is -2.44. The van der Waals surface area contributed by atoms with Crippen LogP contribution in [0.25, 0.3) is 4.85 Å². The van der Waals surface area contributed by atoms with Gasteiger partial charge in [-0.25, -0.2) is 4.85 Å². The Morgan fingerprint density at radius 2 is 1.37 bits per heavy atom. The Balaban J connectivity index is 2.07. The van der Waals surface area contributed by atoms with E-state index in [2.05, 4.69) is 60.3 Å². The van der Waals surface area contributed by atoms with Crippen LogP contribution in [0, 0.1) is 38.7 Å². The van der Waals surface area contributed by atoms with Gasteiger partial charge in [-0.05, 0) is 49.6 Å². The van der Waals surface area contributed by atoms with Crippen molar-refractivity contribution in [3.05, 3.63) is 45.1 Å². The predicted molar refractivity (Wildman–Crippen MR) is 183 cm³/mol. The Hall–Kier alpha value is -2.98. The lowest BCUT2D eigenvalue weighted by molar-refractivity contribution is -0.891. The van der Waals surface area contributed by atoms with Gasteiger partial charge in [0.2, 0.25) is 5.69 Å². The van der Waals surface area contributed by atoms with E-state index >= 15 is 0 Å². The van der Waals surface area contributed by atoms with Gasteiger partial charge < -0.3 is 38.3 Å². The van der Waals surface area contributed by atoms with Gasteiger partial charge in [-0.15, -0.1) is 11.3 Å².